The molecule has 0 unspecified atom stereocenters. The lowest BCUT2D eigenvalue weighted by atomic mass is 9.98. The van der Waals surface area contributed by atoms with Crippen molar-refractivity contribution < 1.29 is 29.6 Å². The zero-order chi connectivity index (χ0) is 17.3. The molecule has 1 aromatic heterocycles. The summed E-state index contributed by atoms with van der Waals surface area (Å²) in [5.74, 6) is 0.212. The third-order valence-corrected chi connectivity index (χ3v) is 5.41. The molecule has 132 valence electrons. The van der Waals surface area contributed by atoms with Crippen molar-refractivity contribution in [1.29, 1.82) is 0 Å². The molecule has 24 heavy (non-hydrogen) atoms. The fourth-order valence-electron chi connectivity index (χ4n) is 2.87. The number of aliphatic hydroxyl groups is 3. The van der Waals surface area contributed by atoms with Gasteiger partial charge in [0.2, 0.25) is 5.91 Å². The van der Waals surface area contributed by atoms with E-state index in [4.69, 9.17) is 9.47 Å². The van der Waals surface area contributed by atoms with Gasteiger partial charge < -0.3 is 29.7 Å². The number of hydrogen-bond donors (Lipinski definition) is 3. The minimum atomic E-state index is -1.41. The van der Waals surface area contributed by atoms with Gasteiger partial charge >= 0.3 is 0 Å². The number of nitrogens with zero attached hydrogens (tertiary/aromatic N) is 2. The first-order valence-corrected chi connectivity index (χ1v) is 8.62. The molecule has 0 radical (unpaired) electrons. The smallest absolute Gasteiger partial charge is 0.233 e. The van der Waals surface area contributed by atoms with Crippen LogP contribution in [0.5, 0.6) is 0 Å². The van der Waals surface area contributed by atoms with Gasteiger partial charge in [0, 0.05) is 13.3 Å². The highest BCUT2D eigenvalue weighted by molar-refractivity contribution is 8.00. The predicted molar refractivity (Wildman–Crippen MR) is 84.8 cm³/mol. The van der Waals surface area contributed by atoms with Crippen LogP contribution in [-0.4, -0.2) is 81.2 Å². The lowest BCUT2D eigenvalue weighted by molar-refractivity contribution is -0.291. The number of aromatic nitrogens is 1. The third kappa shape index (κ3) is 3.28. The van der Waals surface area contributed by atoms with Crippen LogP contribution in [0.4, 0.5) is 0 Å². The topological polar surface area (TPSA) is 112 Å². The Morgan fingerprint density at radius 2 is 2.12 bits per heavy atom. The molecule has 0 saturated carbocycles. The summed E-state index contributed by atoms with van der Waals surface area (Å²) in [6.07, 6.45) is -4.36. The van der Waals surface area contributed by atoms with E-state index in [2.05, 4.69) is 4.98 Å². The molecular weight excluding hydrogens is 336 g/mol. The summed E-state index contributed by atoms with van der Waals surface area (Å²) in [6.45, 7) is 0.0673. The van der Waals surface area contributed by atoms with Gasteiger partial charge in [-0.2, -0.15) is 0 Å². The molecule has 2 saturated heterocycles. The van der Waals surface area contributed by atoms with Crippen LogP contribution in [0, 0.1) is 0 Å². The normalized spacial score (nSPS) is 37.0. The van der Waals surface area contributed by atoms with Crippen molar-refractivity contribution in [3.05, 3.63) is 30.1 Å². The Labute approximate surface area is 143 Å². The third-order valence-electron chi connectivity index (χ3n) is 4.19. The highest BCUT2D eigenvalue weighted by atomic mass is 32.2. The molecule has 2 fully saturated rings. The van der Waals surface area contributed by atoms with Crippen LogP contribution in [-0.2, 0) is 14.3 Å². The summed E-state index contributed by atoms with van der Waals surface area (Å²) in [5, 5.41) is 29.7. The molecule has 6 atom stereocenters. The van der Waals surface area contributed by atoms with Gasteiger partial charge in [0.15, 0.2) is 6.29 Å². The highest BCUT2D eigenvalue weighted by Gasteiger charge is 2.46. The van der Waals surface area contributed by atoms with Crippen LogP contribution >= 0.6 is 11.8 Å². The Morgan fingerprint density at radius 3 is 2.79 bits per heavy atom. The zero-order valence-electron chi connectivity index (χ0n) is 13.1. The monoisotopic (exact) mass is 356 g/mol. The number of ether oxygens (including phenoxy) is 2. The van der Waals surface area contributed by atoms with Gasteiger partial charge in [0.05, 0.1) is 18.0 Å². The lowest BCUT2D eigenvalue weighted by Gasteiger charge is -2.41. The fraction of sp³-hybridized carbons (Fsp3) is 0.600. The molecule has 0 aromatic carbocycles. The molecule has 0 aliphatic carbocycles. The summed E-state index contributed by atoms with van der Waals surface area (Å²) < 4.78 is 10.5. The summed E-state index contributed by atoms with van der Waals surface area (Å²) in [7, 11) is 1.34. The second-order valence-corrected chi connectivity index (χ2v) is 6.78. The van der Waals surface area contributed by atoms with Gasteiger partial charge in [0.25, 0.3) is 0 Å². The van der Waals surface area contributed by atoms with E-state index in [9.17, 15) is 20.1 Å². The van der Waals surface area contributed by atoms with Gasteiger partial charge in [-0.05, 0) is 12.1 Å². The van der Waals surface area contributed by atoms with Crippen LogP contribution in [0.3, 0.4) is 0 Å². The summed E-state index contributed by atoms with van der Waals surface area (Å²) in [5.41, 5.74) is 0.738. The molecule has 1 amide bonds. The Kier molecular flexibility index (Phi) is 5.38. The largest absolute Gasteiger partial charge is 0.388 e. The van der Waals surface area contributed by atoms with E-state index in [1.165, 1.54) is 18.9 Å². The molecule has 3 rings (SSSR count). The molecule has 0 spiro atoms. The standard InChI is InChI=1S/C15H20N2O6S/c1-22-15-13(21)12(20)11(19)9(23-15)6-17-10(18)7-24-14(17)8-4-2-3-5-16-8/h2-5,9,11-15,19-21H,6-7H2,1H3/t9-,11-,12+,13-,14+,15+/m1/s1. The molecule has 8 nitrogen and oxygen atoms in total. The van der Waals surface area contributed by atoms with Crippen molar-refractivity contribution in [2.24, 2.45) is 0 Å². The number of carbonyl (C=O) groups excluding carboxylic acids is 1. The van der Waals surface area contributed by atoms with Crippen LogP contribution in [0.1, 0.15) is 11.1 Å². The first-order chi connectivity index (χ1) is 11.5. The quantitative estimate of drug-likeness (QED) is 0.637. The number of thioether (sulfide) groups is 1. The van der Waals surface area contributed by atoms with Crippen molar-refractivity contribution in [2.45, 2.75) is 36.1 Å². The van der Waals surface area contributed by atoms with E-state index in [0.717, 1.165) is 5.69 Å². The van der Waals surface area contributed by atoms with E-state index >= 15 is 0 Å². The van der Waals surface area contributed by atoms with Crippen LogP contribution in [0.2, 0.25) is 0 Å². The summed E-state index contributed by atoms with van der Waals surface area (Å²) in [4.78, 5) is 18.1. The summed E-state index contributed by atoms with van der Waals surface area (Å²) >= 11 is 1.44. The molecule has 3 N–H and O–H groups in total. The van der Waals surface area contributed by atoms with Gasteiger partial charge in [-0.25, -0.2) is 0 Å². The number of methoxy groups -OCH3 is 1. The van der Waals surface area contributed by atoms with Gasteiger partial charge in [0.1, 0.15) is 29.8 Å². The van der Waals surface area contributed by atoms with Gasteiger partial charge in [-0.15, -0.1) is 11.8 Å². The molecule has 1 aromatic rings. The van der Waals surface area contributed by atoms with Crippen molar-refractivity contribution in [1.82, 2.24) is 9.88 Å². The first kappa shape index (κ1) is 17.6. The predicted octanol–water partition coefficient (Wildman–Crippen LogP) is -0.890. The Bertz CT molecular complexity index is 574. The minimum absolute atomic E-state index is 0.0673. The van der Waals surface area contributed by atoms with E-state index in [-0.39, 0.29) is 17.8 Å². The van der Waals surface area contributed by atoms with Crippen molar-refractivity contribution in [3.63, 3.8) is 0 Å². The van der Waals surface area contributed by atoms with Crippen molar-refractivity contribution in [2.75, 3.05) is 19.4 Å². The molecule has 2 aliphatic heterocycles. The van der Waals surface area contributed by atoms with E-state index in [0.29, 0.717) is 5.75 Å². The summed E-state index contributed by atoms with van der Waals surface area (Å²) in [6, 6.07) is 5.47. The molecule has 2 aliphatic rings. The van der Waals surface area contributed by atoms with Crippen molar-refractivity contribution in [3.8, 4) is 0 Å². The Hall–Kier alpha value is -1.23. The average Bonchev–Trinajstić information content (AvgIpc) is 2.97. The maximum absolute atomic E-state index is 12.2. The lowest BCUT2D eigenvalue weighted by Crippen LogP contribution is -2.60. The number of aliphatic hydroxyl groups excluding tert-OH is 3. The molecule has 0 bridgehead atoms. The maximum Gasteiger partial charge on any atom is 0.233 e. The average molecular weight is 356 g/mol. The molecule has 9 heteroatoms. The molecular formula is C15H20N2O6S. The van der Waals surface area contributed by atoms with E-state index in [1.807, 2.05) is 12.1 Å². The number of hydrogen-bond acceptors (Lipinski definition) is 8. The van der Waals surface area contributed by atoms with E-state index < -0.39 is 30.7 Å². The van der Waals surface area contributed by atoms with Gasteiger partial charge in [-0.3, -0.25) is 9.78 Å². The molecule has 3 heterocycles. The second kappa shape index (κ2) is 7.34. The van der Waals surface area contributed by atoms with Gasteiger partial charge in [-0.1, -0.05) is 6.07 Å². The van der Waals surface area contributed by atoms with E-state index in [1.54, 1.807) is 17.2 Å². The Morgan fingerprint density at radius 1 is 1.33 bits per heavy atom. The maximum atomic E-state index is 12.2. The minimum Gasteiger partial charge on any atom is -0.388 e. The highest BCUT2D eigenvalue weighted by Crippen LogP contribution is 2.38. The van der Waals surface area contributed by atoms with Crippen LogP contribution in [0.25, 0.3) is 0 Å². The Balaban J connectivity index is 1.76. The van der Waals surface area contributed by atoms with Crippen LogP contribution < -0.4 is 0 Å². The number of rotatable bonds is 4. The van der Waals surface area contributed by atoms with Crippen LogP contribution in [0.15, 0.2) is 24.4 Å². The number of pyridine rings is 1. The fourth-order valence-corrected chi connectivity index (χ4v) is 4.03. The zero-order valence-corrected chi connectivity index (χ0v) is 13.9. The van der Waals surface area contributed by atoms with Crippen molar-refractivity contribution >= 4 is 17.7 Å². The second-order valence-electron chi connectivity index (χ2n) is 5.71. The first-order valence-electron chi connectivity index (χ1n) is 7.57. The SMILES string of the molecule is CO[C@H]1O[C@H](CN2C(=O)CS[C@H]2c2ccccn2)[C@@H](O)[C@H](O)[C@H]1O. The number of amides is 1. The number of carbonyl (C=O) groups is 1.